The summed E-state index contributed by atoms with van der Waals surface area (Å²) in [5.74, 6) is -0.121. The number of nitrogens with zero attached hydrogens (tertiary/aromatic N) is 1. The number of ketones is 1. The molecule has 1 amide bonds. The SMILES string of the molecule is CC(C)(C)c1ccc(OCCCCN2C(=O)C(=O)c3cc(Cl)ccc32)cc1. The number of fused-ring (bicyclic) bond motifs is 1. The minimum absolute atomic E-state index is 0.124. The van der Waals surface area contributed by atoms with Gasteiger partial charge in [-0.3, -0.25) is 9.59 Å². The third-order valence-corrected chi connectivity index (χ3v) is 4.93. The van der Waals surface area contributed by atoms with Crippen molar-refractivity contribution in [1.29, 1.82) is 0 Å². The summed E-state index contributed by atoms with van der Waals surface area (Å²) in [4.78, 5) is 25.8. The largest absolute Gasteiger partial charge is 0.494 e. The van der Waals surface area contributed by atoms with Crippen LogP contribution in [0.25, 0.3) is 0 Å². The molecule has 0 bridgehead atoms. The number of unbranched alkanes of at least 4 members (excludes halogenated alkanes) is 1. The summed E-state index contributed by atoms with van der Waals surface area (Å²) in [5, 5.41) is 0.461. The Morgan fingerprint density at radius 3 is 2.37 bits per heavy atom. The van der Waals surface area contributed by atoms with Gasteiger partial charge in [0, 0.05) is 11.6 Å². The van der Waals surface area contributed by atoms with Crippen LogP contribution in [0.1, 0.15) is 49.5 Å². The quantitative estimate of drug-likeness (QED) is 0.517. The summed E-state index contributed by atoms with van der Waals surface area (Å²) < 4.78 is 5.78. The zero-order valence-corrected chi connectivity index (χ0v) is 16.7. The van der Waals surface area contributed by atoms with Crippen LogP contribution in [0.2, 0.25) is 5.02 Å². The maximum Gasteiger partial charge on any atom is 0.299 e. The maximum absolute atomic E-state index is 12.2. The van der Waals surface area contributed by atoms with Gasteiger partial charge in [-0.05, 0) is 54.2 Å². The molecule has 0 saturated carbocycles. The monoisotopic (exact) mass is 385 g/mol. The van der Waals surface area contributed by atoms with Gasteiger partial charge in [0.2, 0.25) is 0 Å². The van der Waals surface area contributed by atoms with E-state index in [9.17, 15) is 9.59 Å². The van der Waals surface area contributed by atoms with Crippen molar-refractivity contribution >= 4 is 29.0 Å². The van der Waals surface area contributed by atoms with E-state index in [0.29, 0.717) is 29.4 Å². The molecule has 1 aliphatic rings. The van der Waals surface area contributed by atoms with Gasteiger partial charge < -0.3 is 9.64 Å². The van der Waals surface area contributed by atoms with Crippen molar-refractivity contribution < 1.29 is 14.3 Å². The molecule has 0 aromatic heterocycles. The number of anilines is 1. The van der Waals surface area contributed by atoms with Gasteiger partial charge in [-0.25, -0.2) is 0 Å². The predicted molar refractivity (Wildman–Crippen MR) is 108 cm³/mol. The van der Waals surface area contributed by atoms with Crippen LogP contribution in [0.3, 0.4) is 0 Å². The number of carbonyl (C=O) groups excluding carboxylic acids is 2. The van der Waals surface area contributed by atoms with Crippen molar-refractivity contribution in [2.75, 3.05) is 18.1 Å². The molecule has 27 heavy (non-hydrogen) atoms. The molecular weight excluding hydrogens is 362 g/mol. The summed E-state index contributed by atoms with van der Waals surface area (Å²) >= 11 is 5.92. The van der Waals surface area contributed by atoms with Gasteiger partial charge in [-0.2, -0.15) is 0 Å². The second kappa shape index (κ2) is 7.73. The zero-order chi connectivity index (χ0) is 19.6. The van der Waals surface area contributed by atoms with E-state index in [4.69, 9.17) is 16.3 Å². The van der Waals surface area contributed by atoms with E-state index in [-0.39, 0.29) is 5.41 Å². The Morgan fingerprint density at radius 2 is 1.70 bits per heavy atom. The van der Waals surface area contributed by atoms with Gasteiger partial charge in [0.05, 0.1) is 17.9 Å². The molecule has 0 aliphatic carbocycles. The van der Waals surface area contributed by atoms with Crippen LogP contribution in [0.4, 0.5) is 5.69 Å². The zero-order valence-electron chi connectivity index (χ0n) is 15.9. The molecule has 2 aromatic rings. The van der Waals surface area contributed by atoms with Crippen LogP contribution in [-0.4, -0.2) is 24.8 Å². The lowest BCUT2D eigenvalue weighted by Crippen LogP contribution is -2.30. The molecule has 0 unspecified atom stereocenters. The molecule has 1 heterocycles. The highest BCUT2D eigenvalue weighted by atomic mass is 35.5. The number of hydrogen-bond donors (Lipinski definition) is 0. The third kappa shape index (κ3) is 4.33. The number of amides is 1. The molecule has 0 spiro atoms. The van der Waals surface area contributed by atoms with E-state index < -0.39 is 11.7 Å². The van der Waals surface area contributed by atoms with E-state index in [2.05, 4.69) is 32.9 Å². The maximum atomic E-state index is 12.2. The van der Waals surface area contributed by atoms with Crippen LogP contribution in [0.15, 0.2) is 42.5 Å². The molecule has 3 rings (SSSR count). The van der Waals surface area contributed by atoms with E-state index >= 15 is 0 Å². The second-order valence-electron chi connectivity index (χ2n) is 7.78. The molecule has 4 nitrogen and oxygen atoms in total. The molecule has 2 aromatic carbocycles. The standard InChI is InChI=1S/C22H24ClNO3/c1-22(2,3)15-6-9-17(10-7-15)27-13-5-4-12-24-19-11-8-16(23)14-18(19)20(25)21(24)26/h6-11,14H,4-5,12-13H2,1-3H3. The Bertz CT molecular complexity index is 853. The number of ether oxygens (including phenoxy) is 1. The minimum Gasteiger partial charge on any atom is -0.494 e. The van der Waals surface area contributed by atoms with Gasteiger partial charge in [-0.15, -0.1) is 0 Å². The summed E-state index contributed by atoms with van der Waals surface area (Å²) in [6, 6.07) is 13.1. The first-order valence-corrected chi connectivity index (χ1v) is 9.54. The molecule has 0 atom stereocenters. The molecule has 0 radical (unpaired) electrons. The predicted octanol–water partition coefficient (Wildman–Crippen LogP) is 5.03. The minimum atomic E-state index is -0.484. The second-order valence-corrected chi connectivity index (χ2v) is 8.21. The molecule has 1 aliphatic heterocycles. The fourth-order valence-corrected chi connectivity index (χ4v) is 3.28. The summed E-state index contributed by atoms with van der Waals surface area (Å²) in [6.45, 7) is 7.60. The number of halogens is 1. The van der Waals surface area contributed by atoms with Crippen LogP contribution < -0.4 is 9.64 Å². The van der Waals surface area contributed by atoms with Crippen LogP contribution in [0, 0.1) is 0 Å². The van der Waals surface area contributed by atoms with E-state index in [1.165, 1.54) is 10.5 Å². The van der Waals surface area contributed by atoms with Gasteiger partial charge in [0.15, 0.2) is 0 Å². The first kappa shape index (κ1) is 19.4. The Balaban J connectivity index is 1.48. The number of rotatable bonds is 6. The van der Waals surface area contributed by atoms with Crippen LogP contribution in [0.5, 0.6) is 5.75 Å². The summed E-state index contributed by atoms with van der Waals surface area (Å²) in [5.41, 5.74) is 2.43. The first-order chi connectivity index (χ1) is 12.8. The molecule has 5 heteroatoms. The lowest BCUT2D eigenvalue weighted by molar-refractivity contribution is -0.114. The topological polar surface area (TPSA) is 46.6 Å². The summed E-state index contributed by atoms with van der Waals surface area (Å²) in [6.07, 6.45) is 1.54. The normalized spacial score (nSPS) is 13.9. The highest BCUT2D eigenvalue weighted by Crippen LogP contribution is 2.31. The Kier molecular flexibility index (Phi) is 5.56. The summed E-state index contributed by atoms with van der Waals surface area (Å²) in [7, 11) is 0. The molecule has 142 valence electrons. The van der Waals surface area contributed by atoms with Crippen molar-refractivity contribution in [1.82, 2.24) is 0 Å². The van der Waals surface area contributed by atoms with E-state index in [0.717, 1.165) is 18.6 Å². The van der Waals surface area contributed by atoms with Crippen LogP contribution in [-0.2, 0) is 10.2 Å². The number of benzene rings is 2. The van der Waals surface area contributed by atoms with Gasteiger partial charge >= 0.3 is 0 Å². The number of hydrogen-bond acceptors (Lipinski definition) is 3. The molecular formula is C22H24ClNO3. The lowest BCUT2D eigenvalue weighted by Gasteiger charge is -2.19. The molecule has 0 N–H and O–H groups in total. The van der Waals surface area contributed by atoms with Crippen molar-refractivity contribution in [3.8, 4) is 5.75 Å². The number of carbonyl (C=O) groups is 2. The first-order valence-electron chi connectivity index (χ1n) is 9.16. The average molecular weight is 386 g/mol. The van der Waals surface area contributed by atoms with Crippen molar-refractivity contribution in [3.63, 3.8) is 0 Å². The van der Waals surface area contributed by atoms with Crippen molar-refractivity contribution in [2.24, 2.45) is 0 Å². The fraction of sp³-hybridized carbons (Fsp3) is 0.364. The highest BCUT2D eigenvalue weighted by Gasteiger charge is 2.35. The molecule has 0 fully saturated rings. The van der Waals surface area contributed by atoms with Crippen LogP contribution >= 0.6 is 11.6 Å². The Labute approximate surface area is 165 Å². The van der Waals surface area contributed by atoms with Gasteiger partial charge in [-0.1, -0.05) is 44.5 Å². The van der Waals surface area contributed by atoms with Crippen molar-refractivity contribution in [2.45, 2.75) is 39.0 Å². The third-order valence-electron chi connectivity index (χ3n) is 4.70. The van der Waals surface area contributed by atoms with Gasteiger partial charge in [0.25, 0.3) is 11.7 Å². The Hall–Kier alpha value is -2.33. The van der Waals surface area contributed by atoms with Crippen molar-refractivity contribution in [3.05, 3.63) is 58.6 Å². The fourth-order valence-electron chi connectivity index (χ4n) is 3.11. The lowest BCUT2D eigenvalue weighted by atomic mass is 9.87. The molecule has 0 saturated heterocycles. The Morgan fingerprint density at radius 1 is 1.00 bits per heavy atom. The number of Topliss-reactive ketones (excluding diaryl/α,β-unsaturated/α-hetero) is 1. The van der Waals surface area contributed by atoms with Gasteiger partial charge in [0.1, 0.15) is 5.75 Å². The van der Waals surface area contributed by atoms with E-state index in [1.54, 1.807) is 18.2 Å². The average Bonchev–Trinajstić information content (AvgIpc) is 2.85. The smallest absolute Gasteiger partial charge is 0.299 e. The highest BCUT2D eigenvalue weighted by molar-refractivity contribution is 6.52. The van der Waals surface area contributed by atoms with E-state index in [1.807, 2.05) is 12.1 Å².